The first-order valence-corrected chi connectivity index (χ1v) is 13.3. The molecule has 3 N–H and O–H groups in total. The third-order valence-corrected chi connectivity index (χ3v) is 7.27. The lowest BCUT2D eigenvalue weighted by Crippen LogP contribution is -2.27. The predicted molar refractivity (Wildman–Crippen MR) is 154 cm³/mol. The third-order valence-electron chi connectivity index (χ3n) is 6.13. The van der Waals surface area contributed by atoms with E-state index in [1.54, 1.807) is 43.3 Å². The van der Waals surface area contributed by atoms with Gasteiger partial charge < -0.3 is 20.5 Å². The molecule has 4 rings (SSSR count). The first kappa shape index (κ1) is 28.5. The molecule has 9 nitrogen and oxygen atoms in total. The van der Waals surface area contributed by atoms with E-state index in [4.69, 9.17) is 15.2 Å². The summed E-state index contributed by atoms with van der Waals surface area (Å²) < 4.78 is 11.1. The van der Waals surface area contributed by atoms with Crippen LogP contribution in [-0.4, -0.2) is 29.9 Å². The molecule has 40 heavy (non-hydrogen) atoms. The number of aromatic nitrogens is 1. The molecule has 1 unspecified atom stereocenters. The van der Waals surface area contributed by atoms with E-state index in [9.17, 15) is 14.4 Å². The number of hydrogen-bond donors (Lipinski definition) is 2. The molecule has 0 aliphatic carbocycles. The summed E-state index contributed by atoms with van der Waals surface area (Å²) in [5.41, 5.74) is 9.18. The molecule has 0 spiro atoms. The highest BCUT2D eigenvalue weighted by Gasteiger charge is 2.28. The molecular weight excluding hydrogens is 528 g/mol. The fourth-order valence-corrected chi connectivity index (χ4v) is 4.89. The van der Waals surface area contributed by atoms with Gasteiger partial charge in [-0.3, -0.25) is 9.59 Å². The molecule has 206 valence electrons. The Kier molecular flexibility index (Phi) is 9.26. The van der Waals surface area contributed by atoms with Crippen LogP contribution in [0.15, 0.2) is 78.9 Å². The van der Waals surface area contributed by atoms with Gasteiger partial charge in [-0.05, 0) is 42.7 Å². The van der Waals surface area contributed by atoms with Gasteiger partial charge in [-0.2, -0.15) is 0 Å². The van der Waals surface area contributed by atoms with Crippen molar-refractivity contribution in [1.82, 2.24) is 10.3 Å². The number of amides is 2. The van der Waals surface area contributed by atoms with Crippen molar-refractivity contribution in [2.24, 2.45) is 5.73 Å². The summed E-state index contributed by atoms with van der Waals surface area (Å²) >= 11 is 1.08. The normalized spacial score (nSPS) is 11.4. The van der Waals surface area contributed by atoms with Gasteiger partial charge >= 0.3 is 6.09 Å². The molecule has 0 aliphatic heterocycles. The van der Waals surface area contributed by atoms with Gasteiger partial charge in [-0.25, -0.2) is 14.7 Å². The van der Waals surface area contributed by atoms with Crippen LogP contribution in [0.5, 0.6) is 5.75 Å². The number of hydrogen-bond acceptors (Lipinski definition) is 8. The highest BCUT2D eigenvalue weighted by molar-refractivity contribution is 7.17. The molecule has 0 aliphatic rings. The summed E-state index contributed by atoms with van der Waals surface area (Å²) in [6.07, 6.45) is -0.655. The van der Waals surface area contributed by atoms with E-state index in [1.807, 2.05) is 42.5 Å². The number of nitrogens with two attached hydrogens (primary N) is 1. The van der Waals surface area contributed by atoms with Crippen molar-refractivity contribution in [1.29, 1.82) is 0 Å². The zero-order chi connectivity index (χ0) is 28.6. The number of thiazole rings is 1. The Labute approximate surface area is 236 Å². The monoisotopic (exact) mass is 558 g/mol. The van der Waals surface area contributed by atoms with Crippen molar-refractivity contribution < 1.29 is 23.9 Å². The first-order chi connectivity index (χ1) is 19.3. The number of Topliss-reactive ketones (excluding diaryl/α,β-unsaturated/α-hetero) is 1. The Morgan fingerprint density at radius 3 is 2.33 bits per heavy atom. The van der Waals surface area contributed by atoms with Crippen molar-refractivity contribution in [3.8, 4) is 5.75 Å². The molecule has 4 aromatic rings. The number of carbonyl (C=O) groups is 3. The van der Waals surface area contributed by atoms with Gasteiger partial charge in [0.15, 0.2) is 5.78 Å². The number of nitrogens with zero attached hydrogens (tertiary/aromatic N) is 2. The van der Waals surface area contributed by atoms with Crippen LogP contribution in [0.4, 0.5) is 15.6 Å². The Morgan fingerprint density at radius 2 is 1.65 bits per heavy atom. The molecule has 10 heteroatoms. The average molecular weight is 559 g/mol. The van der Waals surface area contributed by atoms with E-state index in [2.05, 4.69) is 10.3 Å². The van der Waals surface area contributed by atoms with Crippen molar-refractivity contribution in [3.63, 3.8) is 0 Å². The maximum Gasteiger partial charge on any atom is 0.421 e. The summed E-state index contributed by atoms with van der Waals surface area (Å²) in [4.78, 5) is 44.2. The highest BCUT2D eigenvalue weighted by atomic mass is 32.1. The van der Waals surface area contributed by atoms with E-state index in [0.29, 0.717) is 27.6 Å². The number of nitrogens with one attached hydrogen (secondary N) is 1. The largest absolute Gasteiger partial charge is 0.495 e. The minimum absolute atomic E-state index is 0.0686. The maximum absolute atomic E-state index is 13.4. The van der Waals surface area contributed by atoms with Crippen LogP contribution in [0.1, 0.15) is 45.0 Å². The molecule has 0 radical (unpaired) electrons. The van der Waals surface area contributed by atoms with Crippen molar-refractivity contribution in [3.05, 3.63) is 106 Å². The summed E-state index contributed by atoms with van der Waals surface area (Å²) in [6, 6.07) is 22.9. The van der Waals surface area contributed by atoms with E-state index in [-0.39, 0.29) is 30.0 Å². The number of benzene rings is 3. The Bertz CT molecular complexity index is 1490. The number of aryl methyl sites for hydroxylation is 1. The molecule has 3 aromatic carbocycles. The maximum atomic E-state index is 13.4. The average Bonchev–Trinajstić information content (AvgIpc) is 3.36. The number of methoxy groups -OCH3 is 1. The van der Waals surface area contributed by atoms with Gasteiger partial charge in [0.1, 0.15) is 17.2 Å². The number of rotatable bonds is 10. The van der Waals surface area contributed by atoms with Gasteiger partial charge in [0.05, 0.1) is 24.5 Å². The summed E-state index contributed by atoms with van der Waals surface area (Å²) in [5, 5.41) is 3.16. The van der Waals surface area contributed by atoms with Crippen molar-refractivity contribution >= 4 is 39.9 Å². The number of para-hydroxylation sites is 2. The van der Waals surface area contributed by atoms with Crippen LogP contribution in [0.2, 0.25) is 0 Å². The van der Waals surface area contributed by atoms with Crippen LogP contribution in [-0.2, 0) is 22.7 Å². The summed E-state index contributed by atoms with van der Waals surface area (Å²) in [5.74, 6) is -0.00186. The van der Waals surface area contributed by atoms with E-state index < -0.39 is 12.1 Å². The molecule has 0 saturated carbocycles. The Balaban J connectivity index is 1.54. The quantitative estimate of drug-likeness (QED) is 0.265. The highest BCUT2D eigenvalue weighted by Crippen LogP contribution is 2.37. The molecule has 1 aromatic heterocycles. The van der Waals surface area contributed by atoms with Crippen LogP contribution in [0, 0.1) is 6.92 Å². The minimum atomic E-state index is -0.674. The number of carbonyl (C=O) groups excluding carboxylic acids is 3. The molecule has 0 saturated heterocycles. The lowest BCUT2D eigenvalue weighted by atomic mass is 10.0. The van der Waals surface area contributed by atoms with Gasteiger partial charge in [0.2, 0.25) is 5.13 Å². The van der Waals surface area contributed by atoms with Crippen LogP contribution >= 0.6 is 11.3 Å². The topological polar surface area (TPSA) is 124 Å². The van der Waals surface area contributed by atoms with Crippen LogP contribution in [0.25, 0.3) is 0 Å². The lowest BCUT2D eigenvalue weighted by Gasteiger charge is -2.21. The molecular formula is C30H30N4O5S. The summed E-state index contributed by atoms with van der Waals surface area (Å²) in [6.45, 7) is 3.49. The number of ether oxygens (including phenoxy) is 2. The van der Waals surface area contributed by atoms with Crippen molar-refractivity contribution in [2.75, 3.05) is 12.0 Å². The molecule has 1 atom stereocenters. The lowest BCUT2D eigenvalue weighted by molar-refractivity contribution is -0.118. The third kappa shape index (κ3) is 6.71. The number of ketones is 1. The second-order valence-corrected chi connectivity index (χ2v) is 9.95. The van der Waals surface area contributed by atoms with Gasteiger partial charge in [-0.15, -0.1) is 0 Å². The zero-order valence-electron chi connectivity index (χ0n) is 22.4. The van der Waals surface area contributed by atoms with Gasteiger partial charge in [-0.1, -0.05) is 78.1 Å². The van der Waals surface area contributed by atoms with E-state index >= 15 is 0 Å². The van der Waals surface area contributed by atoms with Crippen LogP contribution < -0.4 is 20.7 Å². The zero-order valence-corrected chi connectivity index (χ0v) is 23.2. The standard InChI is InChI=1S/C30H30N4O5S/c1-19-27(28(36)32-17-21-13-15-23(16-14-21)26(31)20(2)35)40-29(33-19)34(24-11-7-8-12-25(24)38-3)30(37)39-18-22-9-5-4-6-10-22/h4-16,26H,17-18,31H2,1-3H3,(H,32,36). The fourth-order valence-electron chi connectivity index (χ4n) is 3.91. The SMILES string of the molecule is COc1ccccc1N(C(=O)OCc1ccccc1)c1nc(C)c(C(=O)NCc2ccc(C(N)C(C)=O)cc2)s1. The minimum Gasteiger partial charge on any atom is -0.495 e. The predicted octanol–water partition coefficient (Wildman–Crippen LogP) is 5.45. The Hall–Kier alpha value is -4.54. The Morgan fingerprint density at radius 1 is 0.975 bits per heavy atom. The van der Waals surface area contributed by atoms with Gasteiger partial charge in [0.25, 0.3) is 5.91 Å². The summed E-state index contributed by atoms with van der Waals surface area (Å²) in [7, 11) is 1.51. The fraction of sp³-hybridized carbons (Fsp3) is 0.200. The van der Waals surface area contributed by atoms with Crippen LogP contribution in [0.3, 0.4) is 0 Å². The van der Waals surface area contributed by atoms with Crippen molar-refractivity contribution in [2.45, 2.75) is 33.0 Å². The van der Waals surface area contributed by atoms with Gasteiger partial charge in [0, 0.05) is 6.54 Å². The second kappa shape index (κ2) is 13.0. The second-order valence-electron chi connectivity index (χ2n) is 8.97. The number of anilines is 2. The molecule has 2 amide bonds. The van der Waals surface area contributed by atoms with E-state index in [0.717, 1.165) is 22.5 Å². The smallest absolute Gasteiger partial charge is 0.421 e. The van der Waals surface area contributed by atoms with E-state index in [1.165, 1.54) is 18.9 Å². The first-order valence-electron chi connectivity index (χ1n) is 12.5. The molecule has 1 heterocycles. The molecule has 0 fully saturated rings. The molecule has 0 bridgehead atoms.